The summed E-state index contributed by atoms with van der Waals surface area (Å²) in [5.41, 5.74) is 3.24. The molecule has 10 heteroatoms. The molecule has 9 nitrogen and oxygen atoms in total. The number of rotatable bonds is 3. The topological polar surface area (TPSA) is 93.3 Å². The summed E-state index contributed by atoms with van der Waals surface area (Å²) in [4.78, 5) is 15.0. The minimum Gasteiger partial charge on any atom is -0.337 e. The first-order valence-corrected chi connectivity index (χ1v) is 10.8. The number of nitrogens with zero attached hydrogens (tertiary/aromatic N) is 6. The van der Waals surface area contributed by atoms with Gasteiger partial charge in [-0.2, -0.15) is 14.5 Å². The molecule has 0 unspecified atom stereocenters. The molecule has 0 radical (unpaired) electrons. The second-order valence-electron chi connectivity index (χ2n) is 7.34. The van der Waals surface area contributed by atoms with E-state index in [1.54, 1.807) is 35.2 Å². The molecule has 0 spiro atoms. The van der Waals surface area contributed by atoms with Crippen molar-refractivity contribution in [1.29, 1.82) is 0 Å². The van der Waals surface area contributed by atoms with E-state index in [2.05, 4.69) is 10.2 Å². The van der Waals surface area contributed by atoms with Crippen molar-refractivity contribution in [2.75, 3.05) is 26.2 Å². The number of sulfonamides is 1. The first kappa shape index (κ1) is 20.5. The third kappa shape index (κ3) is 3.35. The zero-order valence-electron chi connectivity index (χ0n) is 17.4. The van der Waals surface area contributed by atoms with Crippen molar-refractivity contribution in [2.24, 2.45) is 14.1 Å². The van der Waals surface area contributed by atoms with E-state index in [0.717, 1.165) is 5.69 Å². The predicted octanol–water partition coefficient (Wildman–Crippen LogP) is 0.924. The van der Waals surface area contributed by atoms with Crippen LogP contribution < -0.4 is 0 Å². The standard InChI is InChI=1S/C18H28N6O3S/c1-12-16(14(3)21(5)19-12)18(25)23-8-7-9-24(11-10-23)28(26,27)17-13(2)20-22(6)15(17)4/h7-11H2,1-6H3. The molecule has 0 bridgehead atoms. The van der Waals surface area contributed by atoms with E-state index in [1.807, 2.05) is 20.9 Å². The normalized spacial score (nSPS) is 16.4. The highest BCUT2D eigenvalue weighted by atomic mass is 32.2. The van der Waals surface area contributed by atoms with Gasteiger partial charge >= 0.3 is 0 Å². The van der Waals surface area contributed by atoms with Crippen LogP contribution in [0.1, 0.15) is 39.6 Å². The van der Waals surface area contributed by atoms with E-state index in [1.165, 1.54) is 4.31 Å². The highest BCUT2D eigenvalue weighted by molar-refractivity contribution is 7.89. The smallest absolute Gasteiger partial charge is 0.257 e. The molecule has 0 N–H and O–H groups in total. The lowest BCUT2D eigenvalue weighted by Gasteiger charge is -2.22. The molecule has 0 atom stereocenters. The van der Waals surface area contributed by atoms with Crippen LogP contribution in [0, 0.1) is 27.7 Å². The summed E-state index contributed by atoms with van der Waals surface area (Å²) in [6.07, 6.45) is 0.585. The lowest BCUT2D eigenvalue weighted by molar-refractivity contribution is 0.0762. The number of aryl methyl sites for hydroxylation is 4. The molecule has 1 aliphatic heterocycles. The van der Waals surface area contributed by atoms with E-state index in [9.17, 15) is 13.2 Å². The Morgan fingerprint density at radius 2 is 1.46 bits per heavy atom. The van der Waals surface area contributed by atoms with Crippen molar-refractivity contribution < 1.29 is 13.2 Å². The van der Waals surface area contributed by atoms with E-state index in [-0.39, 0.29) is 17.3 Å². The highest BCUT2D eigenvalue weighted by Crippen LogP contribution is 2.24. The first-order chi connectivity index (χ1) is 13.1. The number of hydrogen-bond donors (Lipinski definition) is 0. The molecular weight excluding hydrogens is 380 g/mol. The van der Waals surface area contributed by atoms with Crippen molar-refractivity contribution in [2.45, 2.75) is 39.0 Å². The number of carbonyl (C=O) groups is 1. The van der Waals surface area contributed by atoms with Crippen LogP contribution >= 0.6 is 0 Å². The summed E-state index contributed by atoms with van der Waals surface area (Å²) < 4.78 is 31.2. The Labute approximate surface area is 166 Å². The average Bonchev–Trinajstić information content (AvgIpc) is 2.91. The van der Waals surface area contributed by atoms with Crippen LogP contribution in [0.15, 0.2) is 4.90 Å². The fourth-order valence-corrected chi connectivity index (χ4v) is 5.70. The molecule has 2 aromatic rings. The zero-order chi connectivity index (χ0) is 20.8. The van der Waals surface area contributed by atoms with Crippen molar-refractivity contribution in [3.63, 3.8) is 0 Å². The van der Waals surface area contributed by atoms with Gasteiger partial charge in [0.1, 0.15) is 4.90 Å². The third-order valence-electron chi connectivity index (χ3n) is 5.51. The van der Waals surface area contributed by atoms with E-state index < -0.39 is 10.0 Å². The summed E-state index contributed by atoms with van der Waals surface area (Å²) in [7, 11) is -0.104. The zero-order valence-corrected chi connectivity index (χ0v) is 18.2. The number of aromatic nitrogens is 4. The maximum absolute atomic E-state index is 13.2. The van der Waals surface area contributed by atoms with Gasteiger partial charge in [0, 0.05) is 46.0 Å². The minimum atomic E-state index is -3.66. The average molecular weight is 409 g/mol. The van der Waals surface area contributed by atoms with Crippen molar-refractivity contribution in [1.82, 2.24) is 28.8 Å². The number of carbonyl (C=O) groups excluding carboxylic acids is 1. The van der Waals surface area contributed by atoms with E-state index >= 15 is 0 Å². The van der Waals surface area contributed by atoms with Gasteiger partial charge in [0.2, 0.25) is 10.0 Å². The minimum absolute atomic E-state index is 0.0870. The summed E-state index contributed by atoms with van der Waals surface area (Å²) in [6, 6.07) is 0. The first-order valence-electron chi connectivity index (χ1n) is 9.35. The third-order valence-corrected chi connectivity index (χ3v) is 7.66. The van der Waals surface area contributed by atoms with Gasteiger partial charge in [0.15, 0.2) is 0 Å². The van der Waals surface area contributed by atoms with Gasteiger partial charge in [-0.3, -0.25) is 14.2 Å². The van der Waals surface area contributed by atoms with Gasteiger partial charge in [0.25, 0.3) is 5.91 Å². The highest BCUT2D eigenvalue weighted by Gasteiger charge is 2.33. The van der Waals surface area contributed by atoms with Gasteiger partial charge in [-0.1, -0.05) is 0 Å². The SMILES string of the molecule is Cc1nn(C)c(C)c1C(=O)N1CCCN(S(=O)(=O)c2c(C)nn(C)c2C)CC1. The van der Waals surface area contributed by atoms with Gasteiger partial charge in [-0.25, -0.2) is 8.42 Å². The van der Waals surface area contributed by atoms with Crippen LogP contribution in [0.4, 0.5) is 0 Å². The molecule has 1 aliphatic rings. The maximum Gasteiger partial charge on any atom is 0.257 e. The van der Waals surface area contributed by atoms with Crippen LogP contribution in [-0.4, -0.2) is 69.3 Å². The number of amides is 1. The molecule has 1 fully saturated rings. The van der Waals surface area contributed by atoms with Crippen LogP contribution in [0.3, 0.4) is 0 Å². The molecular formula is C18H28N6O3S. The van der Waals surface area contributed by atoms with Gasteiger partial charge in [0.05, 0.1) is 22.6 Å². The summed E-state index contributed by atoms with van der Waals surface area (Å²) in [6.45, 7) is 8.67. The van der Waals surface area contributed by atoms with Gasteiger partial charge < -0.3 is 4.90 Å². The lowest BCUT2D eigenvalue weighted by atomic mass is 10.1. The fourth-order valence-electron chi connectivity index (χ4n) is 3.84. The second-order valence-corrected chi connectivity index (χ2v) is 9.22. The molecule has 1 amide bonds. The fraction of sp³-hybridized carbons (Fsp3) is 0.611. The second kappa shape index (κ2) is 7.32. The summed E-state index contributed by atoms with van der Waals surface area (Å²) in [5.74, 6) is -0.0870. The van der Waals surface area contributed by atoms with Crippen molar-refractivity contribution in [3.8, 4) is 0 Å². The molecule has 2 aromatic heterocycles. The molecule has 3 heterocycles. The largest absolute Gasteiger partial charge is 0.337 e. The monoisotopic (exact) mass is 408 g/mol. The summed E-state index contributed by atoms with van der Waals surface area (Å²) >= 11 is 0. The molecule has 0 saturated carbocycles. The quantitative estimate of drug-likeness (QED) is 0.753. The molecule has 3 rings (SSSR count). The summed E-state index contributed by atoms with van der Waals surface area (Å²) in [5, 5.41) is 8.56. The van der Waals surface area contributed by atoms with Crippen LogP contribution in [0.2, 0.25) is 0 Å². The maximum atomic E-state index is 13.2. The van der Waals surface area contributed by atoms with Crippen LogP contribution in [-0.2, 0) is 24.1 Å². The van der Waals surface area contributed by atoms with Crippen molar-refractivity contribution in [3.05, 3.63) is 28.3 Å². The predicted molar refractivity (Wildman–Crippen MR) is 105 cm³/mol. The molecule has 28 heavy (non-hydrogen) atoms. The molecule has 1 saturated heterocycles. The molecule has 154 valence electrons. The Balaban J connectivity index is 1.82. The molecule has 0 aliphatic carbocycles. The Hall–Kier alpha value is -2.20. The lowest BCUT2D eigenvalue weighted by Crippen LogP contribution is -2.38. The van der Waals surface area contributed by atoms with Gasteiger partial charge in [-0.15, -0.1) is 0 Å². The van der Waals surface area contributed by atoms with E-state index in [0.29, 0.717) is 48.7 Å². The van der Waals surface area contributed by atoms with Crippen LogP contribution in [0.5, 0.6) is 0 Å². The van der Waals surface area contributed by atoms with E-state index in [4.69, 9.17) is 0 Å². The van der Waals surface area contributed by atoms with Crippen molar-refractivity contribution >= 4 is 15.9 Å². The molecule has 0 aromatic carbocycles. The Morgan fingerprint density at radius 3 is 2.00 bits per heavy atom. The van der Waals surface area contributed by atoms with Gasteiger partial charge in [-0.05, 0) is 34.1 Å². The Kier molecular flexibility index (Phi) is 5.37. The van der Waals surface area contributed by atoms with Crippen LogP contribution in [0.25, 0.3) is 0 Å². The Bertz CT molecular complexity index is 1020. The number of hydrogen-bond acceptors (Lipinski definition) is 5. The Morgan fingerprint density at radius 1 is 0.857 bits per heavy atom.